The molecule has 55 valence electrons. The molecule has 1 aromatic rings. The molecule has 0 N–H and O–H groups in total. The van der Waals surface area contributed by atoms with Gasteiger partial charge < -0.3 is 0 Å². The Morgan fingerprint density at radius 1 is 1.40 bits per heavy atom. The van der Waals surface area contributed by atoms with E-state index in [9.17, 15) is 0 Å². The topological polar surface area (TPSA) is 0 Å². The second-order valence-electron chi connectivity index (χ2n) is 2.04. The van der Waals surface area contributed by atoms with Crippen LogP contribution < -0.4 is 0 Å². The molecule has 0 saturated carbocycles. The van der Waals surface area contributed by atoms with Crippen molar-refractivity contribution >= 4 is 9.52 Å². The Hall–Kier alpha value is 0.450. The van der Waals surface area contributed by atoms with E-state index in [2.05, 4.69) is 32.2 Å². The van der Waals surface area contributed by atoms with Gasteiger partial charge in [-0.3, -0.25) is 0 Å². The summed E-state index contributed by atoms with van der Waals surface area (Å²) in [5.74, 6) is 0. The molecule has 0 bridgehead atoms. The van der Waals surface area contributed by atoms with Crippen LogP contribution in [-0.4, -0.2) is 9.52 Å². The van der Waals surface area contributed by atoms with Crippen LogP contribution in [0.2, 0.25) is 13.1 Å². The Balaban J connectivity index is 0. The van der Waals surface area contributed by atoms with Crippen LogP contribution in [0.3, 0.4) is 0 Å². The fourth-order valence-electron chi connectivity index (χ4n) is 0.470. The SMILES string of the molecule is C[SiH]C.Cc1cc[cH-]c1.[Zr]. The molecular weight excluding hydrogens is 215 g/mol. The predicted octanol–water partition coefficient (Wildman–Crippen LogP) is 2.23. The predicted molar refractivity (Wildman–Crippen MR) is 45.6 cm³/mol. The van der Waals surface area contributed by atoms with E-state index in [0.717, 1.165) is 9.52 Å². The van der Waals surface area contributed by atoms with Crippen LogP contribution >= 0.6 is 0 Å². The first-order valence-electron chi connectivity index (χ1n) is 3.23. The molecule has 0 spiro atoms. The monoisotopic (exact) mass is 228 g/mol. The van der Waals surface area contributed by atoms with Gasteiger partial charge in [0.2, 0.25) is 0 Å². The number of hydrogen-bond acceptors (Lipinski definition) is 0. The van der Waals surface area contributed by atoms with Gasteiger partial charge in [0, 0.05) is 35.7 Å². The standard InChI is InChI=1S/C6H7.C2H7Si.Zr/c1-6-4-2-3-5-6;1-3-2;/h2-5H,1H3;3H,1-2H3;/q-1;;. The third-order valence-electron chi connectivity index (χ3n) is 0.829. The summed E-state index contributed by atoms with van der Waals surface area (Å²) in [7, 11) is 0.750. The van der Waals surface area contributed by atoms with E-state index in [-0.39, 0.29) is 26.2 Å². The molecular formula is C8H14SiZr-. The normalized spacial score (nSPS) is 7.10. The first-order valence-corrected chi connectivity index (χ1v) is 5.54. The van der Waals surface area contributed by atoms with Crippen molar-refractivity contribution in [1.82, 2.24) is 0 Å². The summed E-state index contributed by atoms with van der Waals surface area (Å²) in [5.41, 5.74) is 1.34. The Bertz CT molecular complexity index is 124. The second-order valence-corrected chi connectivity index (χ2v) is 3.19. The summed E-state index contributed by atoms with van der Waals surface area (Å²) in [6, 6.07) is 8.24. The van der Waals surface area contributed by atoms with Crippen LogP contribution in [0.4, 0.5) is 0 Å². The van der Waals surface area contributed by atoms with Gasteiger partial charge in [0.25, 0.3) is 0 Å². The van der Waals surface area contributed by atoms with Crippen molar-refractivity contribution in [1.29, 1.82) is 0 Å². The molecule has 0 aliphatic heterocycles. The van der Waals surface area contributed by atoms with Crippen molar-refractivity contribution in [3.63, 3.8) is 0 Å². The van der Waals surface area contributed by atoms with Gasteiger partial charge in [0.1, 0.15) is 0 Å². The second kappa shape index (κ2) is 9.45. The molecule has 1 rings (SSSR count). The zero-order chi connectivity index (χ0) is 7.11. The maximum atomic E-state index is 2.21. The molecule has 0 heterocycles. The molecule has 0 fully saturated rings. The molecule has 10 heavy (non-hydrogen) atoms. The fourth-order valence-corrected chi connectivity index (χ4v) is 0.470. The Morgan fingerprint density at radius 2 is 1.90 bits per heavy atom. The summed E-state index contributed by atoms with van der Waals surface area (Å²) in [5, 5.41) is 0. The van der Waals surface area contributed by atoms with E-state index in [0.29, 0.717) is 0 Å². The van der Waals surface area contributed by atoms with Crippen molar-refractivity contribution < 1.29 is 26.2 Å². The van der Waals surface area contributed by atoms with E-state index < -0.39 is 0 Å². The van der Waals surface area contributed by atoms with Crippen molar-refractivity contribution in [2.75, 3.05) is 0 Å². The van der Waals surface area contributed by atoms with Crippen LogP contribution in [0.1, 0.15) is 5.56 Å². The average Bonchev–Trinajstić information content (AvgIpc) is 2.20. The third-order valence-corrected chi connectivity index (χ3v) is 0.829. The maximum Gasteiger partial charge on any atom is 0.0213 e. The van der Waals surface area contributed by atoms with Gasteiger partial charge in [0.15, 0.2) is 0 Å². The first kappa shape index (κ1) is 13.1. The zero-order valence-corrected chi connectivity index (χ0v) is 10.5. The summed E-state index contributed by atoms with van der Waals surface area (Å²) >= 11 is 0. The Kier molecular flexibility index (Phi) is 12.4. The smallest absolute Gasteiger partial charge is 0.0213 e. The molecule has 0 saturated heterocycles. The van der Waals surface area contributed by atoms with Crippen LogP contribution in [-0.2, 0) is 26.2 Å². The largest absolute Gasteiger partial charge is 0.211 e. The van der Waals surface area contributed by atoms with E-state index in [1.807, 2.05) is 12.1 Å². The van der Waals surface area contributed by atoms with Crippen molar-refractivity contribution in [3.8, 4) is 0 Å². The summed E-state index contributed by atoms with van der Waals surface area (Å²) in [6.07, 6.45) is 0. The van der Waals surface area contributed by atoms with Crippen LogP contribution in [0.5, 0.6) is 0 Å². The third kappa shape index (κ3) is 8.45. The summed E-state index contributed by atoms with van der Waals surface area (Å²) in [4.78, 5) is 0. The minimum Gasteiger partial charge on any atom is -0.211 e. The van der Waals surface area contributed by atoms with Gasteiger partial charge in [-0.25, -0.2) is 11.6 Å². The molecule has 1 radical (unpaired) electrons. The van der Waals surface area contributed by atoms with Gasteiger partial charge in [-0.1, -0.05) is 20.0 Å². The molecule has 0 atom stereocenters. The van der Waals surface area contributed by atoms with Gasteiger partial charge >= 0.3 is 0 Å². The van der Waals surface area contributed by atoms with Gasteiger partial charge in [-0.2, -0.15) is 18.2 Å². The molecule has 0 unspecified atom stereocenters. The first-order chi connectivity index (χ1) is 4.31. The minimum atomic E-state index is 0. The van der Waals surface area contributed by atoms with Crippen molar-refractivity contribution in [3.05, 3.63) is 29.8 Å². The minimum absolute atomic E-state index is 0. The van der Waals surface area contributed by atoms with E-state index in [1.165, 1.54) is 5.56 Å². The molecule has 0 nitrogen and oxygen atoms in total. The number of aryl methyl sites for hydroxylation is 1. The van der Waals surface area contributed by atoms with Crippen LogP contribution in [0.15, 0.2) is 24.3 Å². The van der Waals surface area contributed by atoms with Crippen molar-refractivity contribution in [2.45, 2.75) is 20.0 Å². The molecule has 1 aromatic carbocycles. The quantitative estimate of drug-likeness (QED) is 0.473. The van der Waals surface area contributed by atoms with E-state index in [1.54, 1.807) is 0 Å². The summed E-state index contributed by atoms with van der Waals surface area (Å²) in [6.45, 7) is 6.50. The molecule has 0 aliphatic carbocycles. The molecule has 0 aromatic heterocycles. The average molecular weight is 230 g/mol. The van der Waals surface area contributed by atoms with Crippen molar-refractivity contribution in [2.24, 2.45) is 0 Å². The summed E-state index contributed by atoms with van der Waals surface area (Å²) < 4.78 is 0. The Morgan fingerprint density at radius 3 is 2.00 bits per heavy atom. The Labute approximate surface area is 85.3 Å². The maximum absolute atomic E-state index is 2.21. The van der Waals surface area contributed by atoms with E-state index >= 15 is 0 Å². The number of rotatable bonds is 0. The van der Waals surface area contributed by atoms with Crippen LogP contribution in [0, 0.1) is 6.92 Å². The fraction of sp³-hybridized carbons (Fsp3) is 0.375. The molecule has 2 heteroatoms. The molecule has 0 amide bonds. The molecule has 0 aliphatic rings. The van der Waals surface area contributed by atoms with Crippen LogP contribution in [0.25, 0.3) is 0 Å². The van der Waals surface area contributed by atoms with E-state index in [4.69, 9.17) is 0 Å². The van der Waals surface area contributed by atoms with Gasteiger partial charge in [-0.05, 0) is 0 Å². The van der Waals surface area contributed by atoms with Gasteiger partial charge in [0.05, 0.1) is 0 Å². The van der Waals surface area contributed by atoms with Gasteiger partial charge in [-0.15, -0.1) is 0 Å². The number of hydrogen-bond donors (Lipinski definition) is 0. The zero-order valence-electron chi connectivity index (χ0n) is 6.89.